The van der Waals surface area contributed by atoms with Crippen molar-refractivity contribution in [1.82, 2.24) is 9.78 Å². The second-order valence-corrected chi connectivity index (χ2v) is 5.91. The zero-order chi connectivity index (χ0) is 19.9. The van der Waals surface area contributed by atoms with Crippen LogP contribution in [0.4, 0.5) is 14.5 Å². The van der Waals surface area contributed by atoms with Gasteiger partial charge in [-0.25, -0.2) is 13.5 Å². The van der Waals surface area contributed by atoms with Crippen LogP contribution in [0.25, 0.3) is 0 Å². The topological polar surface area (TPSA) is 65.4 Å². The summed E-state index contributed by atoms with van der Waals surface area (Å²) >= 11 is 0. The van der Waals surface area contributed by atoms with E-state index in [-0.39, 0.29) is 18.3 Å². The molecule has 28 heavy (non-hydrogen) atoms. The first-order chi connectivity index (χ1) is 13.5. The van der Waals surface area contributed by atoms with Crippen molar-refractivity contribution in [3.8, 4) is 5.75 Å². The van der Waals surface area contributed by atoms with Crippen LogP contribution < -0.4 is 10.1 Å². The van der Waals surface area contributed by atoms with Gasteiger partial charge in [-0.05, 0) is 36.8 Å². The van der Waals surface area contributed by atoms with E-state index < -0.39 is 11.6 Å². The largest absolute Gasteiger partial charge is 0.486 e. The molecule has 1 amide bonds. The van der Waals surface area contributed by atoms with Gasteiger partial charge in [0, 0.05) is 18.2 Å². The Morgan fingerprint density at radius 1 is 1.21 bits per heavy atom. The van der Waals surface area contributed by atoms with Gasteiger partial charge in [0.15, 0.2) is 11.6 Å². The Morgan fingerprint density at radius 3 is 2.86 bits per heavy atom. The Labute approximate surface area is 160 Å². The molecule has 1 N–H and O–H groups in total. The van der Waals surface area contributed by atoms with Crippen LogP contribution in [0.3, 0.4) is 0 Å². The number of rotatable bonds is 8. The van der Waals surface area contributed by atoms with Crippen molar-refractivity contribution < 1.29 is 23.0 Å². The molecule has 0 atom stereocenters. The average Bonchev–Trinajstić information content (AvgIpc) is 3.13. The molecule has 0 bridgehead atoms. The Morgan fingerprint density at radius 2 is 2.07 bits per heavy atom. The van der Waals surface area contributed by atoms with Gasteiger partial charge in [0.25, 0.3) is 5.91 Å². The fourth-order valence-electron chi connectivity index (χ4n) is 2.44. The lowest BCUT2D eigenvalue weighted by Gasteiger charge is -2.09. The fourth-order valence-corrected chi connectivity index (χ4v) is 2.44. The predicted octanol–water partition coefficient (Wildman–Crippen LogP) is 3.99. The number of nitrogens with one attached hydrogen (secondary N) is 1. The van der Waals surface area contributed by atoms with Crippen molar-refractivity contribution >= 4 is 11.6 Å². The number of anilines is 1. The van der Waals surface area contributed by atoms with Crippen LogP contribution in [-0.2, 0) is 18.1 Å². The van der Waals surface area contributed by atoms with E-state index in [1.165, 1.54) is 12.3 Å². The number of carbonyl (C=O) groups is 1. The first kappa shape index (κ1) is 19.5. The van der Waals surface area contributed by atoms with Gasteiger partial charge in [0.1, 0.15) is 19.2 Å². The monoisotopic (exact) mass is 387 g/mol. The molecule has 0 unspecified atom stereocenters. The lowest BCUT2D eigenvalue weighted by molar-refractivity contribution is 0.0792. The highest BCUT2D eigenvalue weighted by Gasteiger charge is 2.10. The number of aromatic nitrogens is 2. The second-order valence-electron chi connectivity index (χ2n) is 5.91. The van der Waals surface area contributed by atoms with Gasteiger partial charge in [0.2, 0.25) is 0 Å². The molecule has 0 aliphatic rings. The minimum absolute atomic E-state index is 0.0377. The van der Waals surface area contributed by atoms with Crippen LogP contribution >= 0.6 is 0 Å². The zero-order valence-electron chi connectivity index (χ0n) is 15.2. The van der Waals surface area contributed by atoms with E-state index in [0.29, 0.717) is 30.2 Å². The SMILES string of the molecule is CCOCn1cc(NC(=O)c2cccc(COc3ccc(F)cc3F)c2)cn1. The Balaban J connectivity index is 1.62. The van der Waals surface area contributed by atoms with Crippen LogP contribution in [0.5, 0.6) is 5.75 Å². The minimum atomic E-state index is -0.780. The highest BCUT2D eigenvalue weighted by Crippen LogP contribution is 2.19. The molecule has 1 aromatic heterocycles. The number of hydrogen-bond acceptors (Lipinski definition) is 4. The van der Waals surface area contributed by atoms with Gasteiger partial charge in [-0.3, -0.25) is 4.79 Å². The van der Waals surface area contributed by atoms with E-state index >= 15 is 0 Å². The van der Waals surface area contributed by atoms with Crippen LogP contribution in [0.15, 0.2) is 54.9 Å². The van der Waals surface area contributed by atoms with Crippen LogP contribution in [0.2, 0.25) is 0 Å². The molecule has 3 aromatic rings. The Hall–Kier alpha value is -3.26. The number of nitrogens with zero attached hydrogens (tertiary/aromatic N) is 2. The third kappa shape index (κ3) is 5.14. The third-order valence-corrected chi connectivity index (χ3v) is 3.80. The standard InChI is InChI=1S/C20H19F2N3O3/c1-2-27-13-25-11-17(10-23-25)24-20(26)15-5-3-4-14(8-15)12-28-19-7-6-16(21)9-18(19)22/h3-11H,2,12-13H2,1H3,(H,24,26). The summed E-state index contributed by atoms with van der Waals surface area (Å²) in [6.45, 7) is 2.79. The maximum absolute atomic E-state index is 13.6. The number of carbonyl (C=O) groups excluding carboxylic acids is 1. The lowest BCUT2D eigenvalue weighted by atomic mass is 10.1. The van der Waals surface area contributed by atoms with E-state index in [1.807, 2.05) is 6.92 Å². The van der Waals surface area contributed by atoms with Crippen LogP contribution in [0, 0.1) is 11.6 Å². The van der Waals surface area contributed by atoms with Crippen molar-refractivity contribution in [1.29, 1.82) is 0 Å². The molecule has 1 heterocycles. The summed E-state index contributed by atoms with van der Waals surface area (Å²) in [5.74, 6) is -1.82. The van der Waals surface area contributed by atoms with Crippen LogP contribution in [0.1, 0.15) is 22.8 Å². The minimum Gasteiger partial charge on any atom is -0.486 e. The number of amides is 1. The summed E-state index contributed by atoms with van der Waals surface area (Å²) in [5, 5.41) is 6.84. The smallest absolute Gasteiger partial charge is 0.255 e. The molecule has 0 radical (unpaired) electrons. The van der Waals surface area contributed by atoms with E-state index in [4.69, 9.17) is 9.47 Å². The molecule has 0 saturated carbocycles. The molecule has 8 heteroatoms. The molecule has 0 aliphatic carbocycles. The predicted molar refractivity (Wildman–Crippen MR) is 98.9 cm³/mol. The maximum atomic E-state index is 13.6. The quantitative estimate of drug-likeness (QED) is 0.635. The zero-order valence-corrected chi connectivity index (χ0v) is 15.2. The Kier molecular flexibility index (Phi) is 6.33. The van der Waals surface area contributed by atoms with Crippen LogP contribution in [-0.4, -0.2) is 22.3 Å². The molecule has 6 nitrogen and oxygen atoms in total. The summed E-state index contributed by atoms with van der Waals surface area (Å²) in [6.07, 6.45) is 3.19. The van der Waals surface area contributed by atoms with Gasteiger partial charge in [0.05, 0.1) is 18.1 Å². The number of benzene rings is 2. The average molecular weight is 387 g/mol. The van der Waals surface area contributed by atoms with Crippen molar-refractivity contribution in [2.45, 2.75) is 20.3 Å². The number of hydrogen-bond donors (Lipinski definition) is 1. The normalized spacial score (nSPS) is 10.7. The lowest BCUT2D eigenvalue weighted by Crippen LogP contribution is -2.12. The maximum Gasteiger partial charge on any atom is 0.255 e. The summed E-state index contributed by atoms with van der Waals surface area (Å²) in [4.78, 5) is 12.4. The molecule has 0 aliphatic heterocycles. The van der Waals surface area contributed by atoms with Crippen molar-refractivity contribution in [3.63, 3.8) is 0 Å². The fraction of sp³-hybridized carbons (Fsp3) is 0.200. The molecule has 2 aromatic carbocycles. The molecule has 3 rings (SSSR count). The number of ether oxygens (including phenoxy) is 2. The van der Waals surface area contributed by atoms with E-state index in [0.717, 1.165) is 12.1 Å². The molecular formula is C20H19F2N3O3. The summed E-state index contributed by atoms with van der Waals surface area (Å²) < 4.78 is 38.8. The van der Waals surface area contributed by atoms with Gasteiger partial charge < -0.3 is 14.8 Å². The van der Waals surface area contributed by atoms with Gasteiger partial charge >= 0.3 is 0 Å². The molecule has 0 saturated heterocycles. The molecular weight excluding hydrogens is 368 g/mol. The second kappa shape index (κ2) is 9.09. The first-order valence-electron chi connectivity index (χ1n) is 8.63. The summed E-state index contributed by atoms with van der Waals surface area (Å²) in [5.41, 5.74) is 1.63. The summed E-state index contributed by atoms with van der Waals surface area (Å²) in [7, 11) is 0. The Bertz CT molecular complexity index is 959. The van der Waals surface area contributed by atoms with Crippen molar-refractivity contribution in [2.75, 3.05) is 11.9 Å². The molecule has 0 spiro atoms. The van der Waals surface area contributed by atoms with E-state index in [9.17, 15) is 13.6 Å². The first-order valence-corrected chi connectivity index (χ1v) is 8.63. The highest BCUT2D eigenvalue weighted by atomic mass is 19.1. The molecule has 0 fully saturated rings. The van der Waals surface area contributed by atoms with Gasteiger partial charge in [-0.2, -0.15) is 5.10 Å². The van der Waals surface area contributed by atoms with Gasteiger partial charge in [-0.15, -0.1) is 0 Å². The van der Waals surface area contributed by atoms with E-state index in [2.05, 4.69) is 10.4 Å². The third-order valence-electron chi connectivity index (χ3n) is 3.80. The van der Waals surface area contributed by atoms with Crippen molar-refractivity contribution in [3.05, 3.63) is 77.6 Å². The molecule has 146 valence electrons. The van der Waals surface area contributed by atoms with Crippen molar-refractivity contribution in [2.24, 2.45) is 0 Å². The summed E-state index contributed by atoms with van der Waals surface area (Å²) in [6, 6.07) is 9.84. The number of halogens is 2. The van der Waals surface area contributed by atoms with Gasteiger partial charge in [-0.1, -0.05) is 12.1 Å². The highest BCUT2D eigenvalue weighted by molar-refractivity contribution is 6.04. The van der Waals surface area contributed by atoms with E-state index in [1.54, 1.807) is 35.1 Å².